The summed E-state index contributed by atoms with van der Waals surface area (Å²) in [6.07, 6.45) is 5.61. The Kier molecular flexibility index (Phi) is 6.84. The third-order valence-electron chi connectivity index (χ3n) is 4.61. The number of guanidine groups is 1. The molecule has 2 heterocycles. The van der Waals surface area contributed by atoms with Crippen LogP contribution in [0.3, 0.4) is 0 Å². The number of aliphatic imine (C=N–C) groups is 1. The van der Waals surface area contributed by atoms with Gasteiger partial charge in [-0.1, -0.05) is 12.1 Å². The van der Waals surface area contributed by atoms with Gasteiger partial charge in [-0.05, 0) is 44.0 Å². The number of carbonyl (C=O) groups is 2. The zero-order valence-corrected chi connectivity index (χ0v) is 16.2. The molecule has 2 amide bonds. The van der Waals surface area contributed by atoms with E-state index in [-0.39, 0.29) is 11.8 Å². The van der Waals surface area contributed by atoms with Gasteiger partial charge in [-0.25, -0.2) is 0 Å². The maximum Gasteiger partial charge on any atom is 0.261 e. The van der Waals surface area contributed by atoms with Crippen molar-refractivity contribution < 1.29 is 9.59 Å². The molecule has 7 nitrogen and oxygen atoms in total. The number of unbranched alkanes of at least 4 members (excludes halogenated alkanes) is 1. The van der Waals surface area contributed by atoms with Gasteiger partial charge in [0.2, 0.25) is 0 Å². The molecule has 2 N–H and O–H groups in total. The molecule has 148 valence electrons. The zero-order chi connectivity index (χ0) is 19.8. The minimum Gasteiger partial charge on any atom is -0.357 e. The van der Waals surface area contributed by atoms with Crippen molar-refractivity contribution in [3.05, 3.63) is 59.9 Å². The molecule has 0 fully saturated rings. The second-order valence-electron chi connectivity index (χ2n) is 6.62. The fraction of sp³-hybridized carbons (Fsp3) is 0.381. The van der Waals surface area contributed by atoms with Crippen LogP contribution in [0.15, 0.2) is 53.8 Å². The van der Waals surface area contributed by atoms with Gasteiger partial charge >= 0.3 is 0 Å². The van der Waals surface area contributed by atoms with E-state index in [2.05, 4.69) is 20.2 Å². The van der Waals surface area contributed by atoms with E-state index in [4.69, 9.17) is 0 Å². The zero-order valence-electron chi connectivity index (χ0n) is 16.2. The van der Waals surface area contributed by atoms with Crippen LogP contribution in [-0.2, 0) is 6.54 Å². The van der Waals surface area contributed by atoms with E-state index in [0.29, 0.717) is 24.2 Å². The van der Waals surface area contributed by atoms with Crippen LogP contribution in [0.4, 0.5) is 0 Å². The topological polar surface area (TPSA) is 78.7 Å². The van der Waals surface area contributed by atoms with Gasteiger partial charge in [0, 0.05) is 45.1 Å². The van der Waals surface area contributed by atoms with Gasteiger partial charge in [0.1, 0.15) is 0 Å². The van der Waals surface area contributed by atoms with Crippen molar-refractivity contribution in [1.82, 2.24) is 20.1 Å². The summed E-state index contributed by atoms with van der Waals surface area (Å²) in [6.45, 7) is 5.56. The van der Waals surface area contributed by atoms with Gasteiger partial charge in [-0.15, -0.1) is 0 Å². The highest BCUT2D eigenvalue weighted by molar-refractivity contribution is 6.21. The second kappa shape index (κ2) is 9.73. The van der Waals surface area contributed by atoms with Crippen LogP contribution >= 0.6 is 0 Å². The Balaban J connectivity index is 1.41. The highest BCUT2D eigenvalue weighted by Gasteiger charge is 2.34. The van der Waals surface area contributed by atoms with Gasteiger partial charge in [0.05, 0.1) is 11.1 Å². The Morgan fingerprint density at radius 1 is 0.929 bits per heavy atom. The highest BCUT2D eigenvalue weighted by Crippen LogP contribution is 2.22. The Morgan fingerprint density at radius 3 is 2.25 bits per heavy atom. The fourth-order valence-corrected chi connectivity index (χ4v) is 3.18. The molecule has 0 spiro atoms. The van der Waals surface area contributed by atoms with E-state index in [1.54, 1.807) is 24.3 Å². The molecule has 0 bridgehead atoms. The summed E-state index contributed by atoms with van der Waals surface area (Å²) < 4.78 is 2.11. The first-order valence-electron chi connectivity index (χ1n) is 9.79. The van der Waals surface area contributed by atoms with E-state index >= 15 is 0 Å². The number of aromatic nitrogens is 1. The highest BCUT2D eigenvalue weighted by atomic mass is 16.2. The van der Waals surface area contributed by atoms with Gasteiger partial charge in [-0.3, -0.25) is 19.5 Å². The number of nitrogens with zero attached hydrogens (tertiary/aromatic N) is 3. The standard InChI is InChI=1S/C21H27N5O2/c1-2-22-21(24-12-16-25-13-7-8-14-25)23-11-5-6-15-26-19(27)17-9-3-4-10-18(17)20(26)28/h3-4,7-10,13-14H,2,5-6,11-12,15-16H2,1H3,(H2,22,23,24). The van der Waals surface area contributed by atoms with Crippen LogP contribution in [0, 0.1) is 0 Å². The molecule has 0 unspecified atom stereocenters. The number of nitrogens with one attached hydrogen (secondary N) is 2. The smallest absolute Gasteiger partial charge is 0.261 e. The first kappa shape index (κ1) is 19.7. The molecule has 3 rings (SSSR count). The van der Waals surface area contributed by atoms with Crippen LogP contribution in [0.2, 0.25) is 0 Å². The summed E-state index contributed by atoms with van der Waals surface area (Å²) >= 11 is 0. The Morgan fingerprint density at radius 2 is 1.61 bits per heavy atom. The first-order chi connectivity index (χ1) is 13.7. The monoisotopic (exact) mass is 381 g/mol. The molecule has 0 saturated carbocycles. The molecule has 7 heteroatoms. The quantitative estimate of drug-likeness (QED) is 0.302. The van der Waals surface area contributed by atoms with Crippen LogP contribution in [0.5, 0.6) is 0 Å². The number of hydrogen-bond acceptors (Lipinski definition) is 3. The molecule has 1 aromatic heterocycles. The van der Waals surface area contributed by atoms with Crippen LogP contribution in [0.25, 0.3) is 0 Å². The number of fused-ring (bicyclic) bond motifs is 1. The largest absolute Gasteiger partial charge is 0.357 e. The van der Waals surface area contributed by atoms with E-state index in [9.17, 15) is 9.59 Å². The molecule has 0 atom stereocenters. The fourth-order valence-electron chi connectivity index (χ4n) is 3.18. The third kappa shape index (κ3) is 4.79. The number of rotatable bonds is 9. The number of carbonyl (C=O) groups excluding carboxylic acids is 2. The van der Waals surface area contributed by atoms with Gasteiger partial charge in [-0.2, -0.15) is 0 Å². The molecule has 28 heavy (non-hydrogen) atoms. The summed E-state index contributed by atoms with van der Waals surface area (Å²) in [7, 11) is 0. The van der Waals surface area contributed by atoms with Crippen LogP contribution in [0.1, 0.15) is 40.5 Å². The van der Waals surface area contributed by atoms with E-state index in [1.165, 1.54) is 4.90 Å². The lowest BCUT2D eigenvalue weighted by molar-refractivity contribution is 0.0652. The average Bonchev–Trinajstić information content (AvgIpc) is 3.30. The lowest BCUT2D eigenvalue weighted by atomic mass is 10.1. The Labute approximate surface area is 165 Å². The maximum absolute atomic E-state index is 12.3. The predicted molar refractivity (Wildman–Crippen MR) is 109 cm³/mol. The average molecular weight is 381 g/mol. The molecule has 0 radical (unpaired) electrons. The minimum atomic E-state index is -0.191. The third-order valence-corrected chi connectivity index (χ3v) is 4.61. The first-order valence-corrected chi connectivity index (χ1v) is 9.79. The van der Waals surface area contributed by atoms with Crippen LogP contribution in [-0.4, -0.2) is 53.4 Å². The van der Waals surface area contributed by atoms with Crippen LogP contribution < -0.4 is 10.6 Å². The van der Waals surface area contributed by atoms with Crippen molar-refractivity contribution in [2.45, 2.75) is 26.3 Å². The molecule has 1 aliphatic heterocycles. The number of imide groups is 1. The van der Waals surface area contributed by atoms with Gasteiger partial charge in [0.15, 0.2) is 5.96 Å². The van der Waals surface area contributed by atoms with E-state index in [0.717, 1.165) is 38.4 Å². The van der Waals surface area contributed by atoms with Gasteiger partial charge in [0.25, 0.3) is 11.8 Å². The van der Waals surface area contributed by atoms with Crippen molar-refractivity contribution in [2.75, 3.05) is 26.2 Å². The van der Waals surface area contributed by atoms with Gasteiger partial charge < -0.3 is 15.2 Å². The normalized spacial score (nSPS) is 13.8. The summed E-state index contributed by atoms with van der Waals surface area (Å²) in [5.74, 6) is 0.406. The molecule has 2 aromatic rings. The van der Waals surface area contributed by atoms with Crippen molar-refractivity contribution >= 4 is 17.8 Å². The molecule has 0 aliphatic carbocycles. The lowest BCUT2D eigenvalue weighted by Crippen LogP contribution is -2.39. The van der Waals surface area contributed by atoms with Crippen molar-refractivity contribution in [3.63, 3.8) is 0 Å². The Bertz CT molecular complexity index is 794. The second-order valence-corrected chi connectivity index (χ2v) is 6.62. The molecular weight excluding hydrogens is 354 g/mol. The number of benzene rings is 1. The molecule has 0 saturated heterocycles. The Hall–Kier alpha value is -3.09. The summed E-state index contributed by atoms with van der Waals surface area (Å²) in [5.41, 5.74) is 1.01. The summed E-state index contributed by atoms with van der Waals surface area (Å²) in [5, 5.41) is 6.55. The van der Waals surface area contributed by atoms with Crippen molar-refractivity contribution in [1.29, 1.82) is 0 Å². The van der Waals surface area contributed by atoms with Crippen molar-refractivity contribution in [2.24, 2.45) is 4.99 Å². The predicted octanol–water partition coefficient (Wildman–Crippen LogP) is 2.12. The molecule has 1 aromatic carbocycles. The van der Waals surface area contributed by atoms with Crippen molar-refractivity contribution in [3.8, 4) is 0 Å². The molecular formula is C21H27N5O2. The SMILES string of the molecule is CCNC(=NCCCCN1C(=O)c2ccccc2C1=O)NCCn1cccc1. The maximum atomic E-state index is 12.3. The molecule has 1 aliphatic rings. The van der Waals surface area contributed by atoms with E-state index in [1.807, 2.05) is 31.5 Å². The summed E-state index contributed by atoms with van der Waals surface area (Å²) in [4.78, 5) is 30.6. The minimum absolute atomic E-state index is 0.191. The van der Waals surface area contributed by atoms with E-state index < -0.39 is 0 Å². The lowest BCUT2D eigenvalue weighted by Gasteiger charge is -2.14. The number of amides is 2. The summed E-state index contributed by atoms with van der Waals surface area (Å²) in [6, 6.07) is 11.0. The number of hydrogen-bond donors (Lipinski definition) is 2.